The summed E-state index contributed by atoms with van der Waals surface area (Å²) in [6.45, 7) is 5.77. The van der Waals surface area contributed by atoms with E-state index in [1.165, 1.54) is 5.56 Å². The van der Waals surface area contributed by atoms with Crippen LogP contribution in [0.25, 0.3) is 0 Å². The summed E-state index contributed by atoms with van der Waals surface area (Å²) in [5.41, 5.74) is 1.26. The van der Waals surface area contributed by atoms with Gasteiger partial charge in [-0.15, -0.1) is 0 Å². The van der Waals surface area contributed by atoms with Gasteiger partial charge in [0.1, 0.15) is 5.82 Å². The van der Waals surface area contributed by atoms with Crippen LogP contribution in [0.5, 0.6) is 0 Å². The van der Waals surface area contributed by atoms with Gasteiger partial charge in [-0.3, -0.25) is 9.69 Å². The van der Waals surface area contributed by atoms with E-state index in [2.05, 4.69) is 44.0 Å². The second-order valence-corrected chi connectivity index (χ2v) is 6.58. The first-order chi connectivity index (χ1) is 12.2. The van der Waals surface area contributed by atoms with E-state index in [-0.39, 0.29) is 5.91 Å². The first-order valence-electron chi connectivity index (χ1n) is 8.93. The fourth-order valence-corrected chi connectivity index (χ4v) is 3.10. The molecule has 0 atom stereocenters. The van der Waals surface area contributed by atoms with Crippen LogP contribution < -0.4 is 5.32 Å². The number of aromatic nitrogens is 2. The zero-order valence-electron chi connectivity index (χ0n) is 14.9. The molecule has 1 amide bonds. The molecule has 1 aliphatic rings. The smallest absolute Gasteiger partial charge is 0.223 e. The number of hydrogen-bond donors (Lipinski definition) is 1. The average Bonchev–Trinajstić information content (AvgIpc) is 3.08. The van der Waals surface area contributed by atoms with Crippen LogP contribution in [0.1, 0.15) is 17.8 Å². The maximum Gasteiger partial charge on any atom is 0.223 e. The van der Waals surface area contributed by atoms with Gasteiger partial charge in [-0.25, -0.2) is 4.98 Å². The molecular formula is C19H27N5O. The topological polar surface area (TPSA) is 53.4 Å². The van der Waals surface area contributed by atoms with Crippen LogP contribution in [0.3, 0.4) is 0 Å². The summed E-state index contributed by atoms with van der Waals surface area (Å²) in [6.07, 6.45) is 4.43. The van der Waals surface area contributed by atoms with Gasteiger partial charge in [-0.1, -0.05) is 30.3 Å². The molecule has 6 heteroatoms. The third-order valence-corrected chi connectivity index (χ3v) is 4.59. The zero-order valence-corrected chi connectivity index (χ0v) is 14.9. The Balaban J connectivity index is 1.49. The van der Waals surface area contributed by atoms with Gasteiger partial charge in [0.05, 0.1) is 6.54 Å². The molecule has 134 valence electrons. The molecule has 2 heterocycles. The largest absolute Gasteiger partial charge is 0.340 e. The van der Waals surface area contributed by atoms with Crippen molar-refractivity contribution < 1.29 is 4.79 Å². The lowest BCUT2D eigenvalue weighted by molar-refractivity contribution is -0.132. The number of imidazole rings is 1. The Morgan fingerprint density at radius 2 is 2.00 bits per heavy atom. The highest BCUT2D eigenvalue weighted by Crippen LogP contribution is 2.08. The fourth-order valence-electron chi connectivity index (χ4n) is 3.10. The Hall–Kier alpha value is -2.18. The Labute approximate surface area is 149 Å². The highest BCUT2D eigenvalue weighted by atomic mass is 16.2. The zero-order chi connectivity index (χ0) is 17.5. The molecule has 1 fully saturated rings. The van der Waals surface area contributed by atoms with Gasteiger partial charge in [0.2, 0.25) is 5.91 Å². The van der Waals surface area contributed by atoms with Crippen molar-refractivity contribution >= 4 is 5.91 Å². The molecule has 25 heavy (non-hydrogen) atoms. The quantitative estimate of drug-likeness (QED) is 0.822. The molecule has 1 aromatic carbocycles. The lowest BCUT2D eigenvalue weighted by Gasteiger charge is -2.28. The Morgan fingerprint density at radius 1 is 1.24 bits per heavy atom. The third-order valence-electron chi connectivity index (χ3n) is 4.59. The summed E-state index contributed by atoms with van der Waals surface area (Å²) in [6, 6.07) is 10.4. The maximum atomic E-state index is 12.3. The summed E-state index contributed by atoms with van der Waals surface area (Å²) in [7, 11) is 2.05. The lowest BCUT2D eigenvalue weighted by atomic mass is 10.2. The van der Waals surface area contributed by atoms with E-state index < -0.39 is 0 Å². The summed E-state index contributed by atoms with van der Waals surface area (Å²) in [5.74, 6) is 1.28. The molecule has 0 aliphatic carbocycles. The van der Waals surface area contributed by atoms with Gasteiger partial charge in [-0.2, -0.15) is 0 Å². The summed E-state index contributed by atoms with van der Waals surface area (Å²) < 4.78 is 2.17. The predicted octanol–water partition coefficient (Wildman–Crippen LogP) is 1.19. The van der Waals surface area contributed by atoms with E-state index in [0.29, 0.717) is 6.42 Å². The van der Waals surface area contributed by atoms with Gasteiger partial charge in [-0.05, 0) is 12.6 Å². The molecule has 0 spiro atoms. The summed E-state index contributed by atoms with van der Waals surface area (Å²) in [4.78, 5) is 20.9. The van der Waals surface area contributed by atoms with Crippen LogP contribution in [0.2, 0.25) is 0 Å². The minimum absolute atomic E-state index is 0.251. The van der Waals surface area contributed by atoms with E-state index in [4.69, 9.17) is 0 Å². The molecule has 1 aromatic heterocycles. The normalized spacial score (nSPS) is 14.9. The molecule has 3 rings (SSSR count). The molecular weight excluding hydrogens is 314 g/mol. The van der Waals surface area contributed by atoms with Crippen molar-refractivity contribution in [3.05, 3.63) is 54.1 Å². The van der Waals surface area contributed by atoms with Crippen molar-refractivity contribution in [1.29, 1.82) is 0 Å². The molecule has 0 bridgehead atoms. The second-order valence-electron chi connectivity index (χ2n) is 6.58. The summed E-state index contributed by atoms with van der Waals surface area (Å²) in [5, 5.41) is 3.27. The molecule has 0 radical (unpaired) electrons. The molecule has 6 nitrogen and oxygen atoms in total. The second kappa shape index (κ2) is 8.78. The number of rotatable bonds is 7. The number of piperazine rings is 1. The summed E-state index contributed by atoms with van der Waals surface area (Å²) >= 11 is 0. The minimum atomic E-state index is 0.251. The van der Waals surface area contributed by atoms with Gasteiger partial charge >= 0.3 is 0 Å². The van der Waals surface area contributed by atoms with Gasteiger partial charge in [0.25, 0.3) is 0 Å². The van der Waals surface area contributed by atoms with E-state index in [1.807, 2.05) is 30.4 Å². The van der Waals surface area contributed by atoms with Crippen LogP contribution >= 0.6 is 0 Å². The molecule has 0 saturated carbocycles. The van der Waals surface area contributed by atoms with Crippen molar-refractivity contribution in [1.82, 2.24) is 24.7 Å². The Bertz CT molecular complexity index is 663. The molecule has 2 aromatic rings. The number of amides is 1. The highest BCUT2D eigenvalue weighted by molar-refractivity contribution is 5.76. The van der Waals surface area contributed by atoms with Crippen LogP contribution in [0.4, 0.5) is 0 Å². The minimum Gasteiger partial charge on any atom is -0.340 e. The van der Waals surface area contributed by atoms with E-state index >= 15 is 0 Å². The van der Waals surface area contributed by atoms with Crippen molar-refractivity contribution in [2.45, 2.75) is 19.5 Å². The maximum absolute atomic E-state index is 12.3. The first kappa shape index (κ1) is 17.6. The molecule has 0 unspecified atom stereocenters. The number of nitrogens with zero attached hydrogens (tertiary/aromatic N) is 4. The van der Waals surface area contributed by atoms with Crippen molar-refractivity contribution in [2.75, 3.05) is 39.8 Å². The molecule has 1 saturated heterocycles. The number of benzene rings is 1. The van der Waals surface area contributed by atoms with Gasteiger partial charge in [0, 0.05) is 58.1 Å². The SMILES string of the molecule is CN(CCC(=O)N1CCNCC1)Cc1nccn1Cc1ccccc1. The predicted molar refractivity (Wildman–Crippen MR) is 98.2 cm³/mol. The Kier molecular flexibility index (Phi) is 6.19. The van der Waals surface area contributed by atoms with E-state index in [0.717, 1.165) is 51.6 Å². The number of carbonyl (C=O) groups is 1. The van der Waals surface area contributed by atoms with E-state index in [1.54, 1.807) is 0 Å². The van der Waals surface area contributed by atoms with Crippen molar-refractivity contribution in [3.8, 4) is 0 Å². The monoisotopic (exact) mass is 341 g/mol. The van der Waals surface area contributed by atoms with Gasteiger partial charge in [0.15, 0.2) is 0 Å². The fraction of sp³-hybridized carbons (Fsp3) is 0.474. The van der Waals surface area contributed by atoms with Crippen LogP contribution in [0.15, 0.2) is 42.7 Å². The number of nitrogens with one attached hydrogen (secondary N) is 1. The van der Waals surface area contributed by atoms with E-state index in [9.17, 15) is 4.79 Å². The van der Waals surface area contributed by atoms with Crippen LogP contribution in [-0.2, 0) is 17.9 Å². The Morgan fingerprint density at radius 3 is 2.76 bits per heavy atom. The third kappa shape index (κ3) is 5.14. The molecule has 1 aliphatic heterocycles. The lowest BCUT2D eigenvalue weighted by Crippen LogP contribution is -2.47. The highest BCUT2D eigenvalue weighted by Gasteiger charge is 2.16. The number of hydrogen-bond acceptors (Lipinski definition) is 4. The average molecular weight is 341 g/mol. The van der Waals surface area contributed by atoms with Crippen LogP contribution in [-0.4, -0.2) is 65.0 Å². The number of carbonyl (C=O) groups excluding carboxylic acids is 1. The first-order valence-corrected chi connectivity index (χ1v) is 8.93. The van der Waals surface area contributed by atoms with Crippen LogP contribution in [0, 0.1) is 0 Å². The van der Waals surface area contributed by atoms with Crippen molar-refractivity contribution in [2.24, 2.45) is 0 Å². The standard InChI is InChI=1S/C19H27N5O/c1-22(11-7-19(25)23-12-8-20-9-13-23)16-18-21-10-14-24(18)15-17-5-3-2-4-6-17/h2-6,10,14,20H,7-9,11-13,15-16H2,1H3. The van der Waals surface area contributed by atoms with Crippen molar-refractivity contribution in [3.63, 3.8) is 0 Å². The molecule has 1 N–H and O–H groups in total. The van der Waals surface area contributed by atoms with Gasteiger partial charge < -0.3 is 14.8 Å².